The second-order valence-electron chi connectivity index (χ2n) is 12.8. The second-order valence-corrected chi connectivity index (χ2v) is 12.8. The number of hydrogen-bond acceptors (Lipinski definition) is 14. The van der Waals surface area contributed by atoms with E-state index in [4.69, 9.17) is 56.8 Å². The van der Waals surface area contributed by atoms with E-state index in [1.54, 1.807) is 93.5 Å². The maximum absolute atomic E-state index is 13.2. The van der Waals surface area contributed by atoms with E-state index in [1.165, 1.54) is 0 Å². The molecule has 0 N–H and O–H groups in total. The average Bonchev–Trinajstić information content (AvgIpc) is 3.13. The van der Waals surface area contributed by atoms with E-state index in [9.17, 15) is 9.59 Å². The third-order valence-electron chi connectivity index (χ3n) is 9.18. The molecule has 2 rings (SSSR count). The van der Waals surface area contributed by atoms with Crippen LogP contribution in [0.1, 0.15) is 89.5 Å². The van der Waals surface area contributed by atoms with Gasteiger partial charge in [0.1, 0.15) is 11.2 Å². The molecule has 2 aliphatic rings. The van der Waals surface area contributed by atoms with Gasteiger partial charge in [-0.3, -0.25) is 0 Å². The molecule has 14 nitrogen and oxygen atoms in total. The first kappa shape index (κ1) is 48.6. The molecule has 55 heavy (non-hydrogen) atoms. The van der Waals surface area contributed by atoms with Crippen molar-refractivity contribution in [2.24, 2.45) is 0 Å². The summed E-state index contributed by atoms with van der Waals surface area (Å²) in [6.45, 7) is 29.6. The van der Waals surface area contributed by atoms with Crippen LogP contribution in [0.4, 0.5) is 0 Å². The molecule has 2 aliphatic carbocycles. The summed E-state index contributed by atoms with van der Waals surface area (Å²) < 4.78 is 79.6. The van der Waals surface area contributed by atoms with Crippen molar-refractivity contribution in [2.45, 2.75) is 136 Å². The predicted octanol–water partition coefficient (Wildman–Crippen LogP) is 6.12. The summed E-state index contributed by atoms with van der Waals surface area (Å²) in [6.07, 6.45) is 4.11. The van der Waals surface area contributed by atoms with Crippen molar-refractivity contribution < 1.29 is 66.4 Å². The lowest BCUT2D eigenvalue weighted by atomic mass is 9.66. The van der Waals surface area contributed by atoms with Crippen LogP contribution >= 0.6 is 0 Å². The Morgan fingerprint density at radius 2 is 0.709 bits per heavy atom. The lowest BCUT2D eigenvalue weighted by molar-refractivity contribution is -0.484. The van der Waals surface area contributed by atoms with Gasteiger partial charge < -0.3 is 56.8 Å². The molecule has 14 heteroatoms. The molecule has 316 valence electrons. The molecule has 0 amide bonds. The zero-order valence-electron chi connectivity index (χ0n) is 35.4. The molecule has 4 atom stereocenters. The highest BCUT2D eigenvalue weighted by Gasteiger charge is 2.80. The Morgan fingerprint density at radius 1 is 0.455 bits per heavy atom. The highest BCUT2D eigenvalue weighted by Crippen LogP contribution is 2.59. The molecule has 0 saturated heterocycles. The van der Waals surface area contributed by atoms with Gasteiger partial charge in [-0.05, 0) is 107 Å². The monoisotopic (exact) mass is 784 g/mol. The number of ether oxygens (including phenoxy) is 12. The number of hydrogen-bond donors (Lipinski definition) is 0. The Bertz CT molecular complexity index is 1200. The average molecular weight is 785 g/mol. The number of carbonyl (C=O) groups is 2. The third-order valence-corrected chi connectivity index (χ3v) is 9.18. The minimum atomic E-state index is -2.02. The Balaban J connectivity index is 3.35. The van der Waals surface area contributed by atoms with Gasteiger partial charge in [-0.25, -0.2) is 9.59 Å². The minimum Gasteiger partial charge on any atom is -0.449 e. The van der Waals surface area contributed by atoms with E-state index in [-0.39, 0.29) is 83.6 Å². The van der Waals surface area contributed by atoms with Gasteiger partial charge in [0.25, 0.3) is 23.1 Å². The summed E-state index contributed by atoms with van der Waals surface area (Å²) in [5.74, 6) is -9.34. The van der Waals surface area contributed by atoms with E-state index < -0.39 is 58.5 Å². The largest absolute Gasteiger partial charge is 0.449 e. The normalized spacial score (nSPS) is 26.0. The zero-order chi connectivity index (χ0) is 41.6. The quantitative estimate of drug-likeness (QED) is 0.0430. The van der Waals surface area contributed by atoms with Gasteiger partial charge in [0.05, 0.1) is 0 Å². The van der Waals surface area contributed by atoms with Gasteiger partial charge in [-0.15, -0.1) is 0 Å². The zero-order valence-corrected chi connectivity index (χ0v) is 35.4. The molecule has 0 fully saturated rings. The number of rotatable bonds is 26. The Morgan fingerprint density at radius 3 is 0.927 bits per heavy atom. The van der Waals surface area contributed by atoms with Crippen molar-refractivity contribution in [1.29, 1.82) is 0 Å². The van der Waals surface area contributed by atoms with E-state index >= 15 is 0 Å². The molecule has 0 saturated carbocycles. The number of esters is 2. The van der Waals surface area contributed by atoms with Crippen molar-refractivity contribution in [2.75, 3.05) is 66.1 Å². The maximum Gasteiger partial charge on any atom is 0.333 e. The molecule has 4 unspecified atom stereocenters. The Kier molecular flexibility index (Phi) is 18.9. The first-order valence-corrected chi connectivity index (χ1v) is 19.7. The molecule has 0 heterocycles. The van der Waals surface area contributed by atoms with Gasteiger partial charge in [0, 0.05) is 83.6 Å². The summed E-state index contributed by atoms with van der Waals surface area (Å²) in [7, 11) is 0. The molecule has 0 aliphatic heterocycles. The van der Waals surface area contributed by atoms with Crippen LogP contribution in [-0.2, 0) is 66.4 Å². The molecule has 0 spiro atoms. The Hall–Kier alpha value is -2.50. The van der Waals surface area contributed by atoms with E-state index in [0.29, 0.717) is 0 Å². The molecule has 0 aromatic rings. The van der Waals surface area contributed by atoms with Crippen LogP contribution in [0.15, 0.2) is 48.6 Å². The van der Waals surface area contributed by atoms with Crippen LogP contribution in [0.3, 0.4) is 0 Å². The van der Waals surface area contributed by atoms with Crippen LogP contribution in [0.25, 0.3) is 0 Å². The molecule has 0 radical (unpaired) electrons. The van der Waals surface area contributed by atoms with Crippen molar-refractivity contribution in [3.8, 4) is 0 Å². The topological polar surface area (TPSA) is 145 Å². The lowest BCUT2D eigenvalue weighted by Crippen LogP contribution is -2.82. The van der Waals surface area contributed by atoms with Crippen molar-refractivity contribution in [1.82, 2.24) is 0 Å². The van der Waals surface area contributed by atoms with Crippen LogP contribution in [0.5, 0.6) is 0 Å². The molecule has 0 bridgehead atoms. The van der Waals surface area contributed by atoms with Gasteiger partial charge in [0.15, 0.2) is 12.2 Å². The molecule has 0 aromatic carbocycles. The summed E-state index contributed by atoms with van der Waals surface area (Å²) in [4.78, 5) is 26.5. The van der Waals surface area contributed by atoms with Crippen molar-refractivity contribution >= 4 is 11.9 Å². The second kappa shape index (κ2) is 21.3. The summed E-state index contributed by atoms with van der Waals surface area (Å²) in [5, 5.41) is 0. The first-order valence-electron chi connectivity index (χ1n) is 19.7. The van der Waals surface area contributed by atoms with E-state index in [1.807, 2.05) is 13.8 Å². The number of carbonyl (C=O) groups excluding carboxylic acids is 2. The highest BCUT2D eigenvalue weighted by atomic mass is 16.8. The minimum absolute atomic E-state index is 0.0754. The fourth-order valence-electron chi connectivity index (χ4n) is 7.67. The molecular weight excluding hydrogens is 716 g/mol. The highest BCUT2D eigenvalue weighted by molar-refractivity contribution is 5.87. The van der Waals surface area contributed by atoms with Gasteiger partial charge in [-0.1, -0.05) is 13.2 Å². The van der Waals surface area contributed by atoms with Crippen LogP contribution in [0.2, 0.25) is 0 Å². The Labute approximate surface area is 328 Å². The van der Waals surface area contributed by atoms with Gasteiger partial charge in [0.2, 0.25) is 0 Å². The standard InChI is InChI=1S/C41H68O14/c1-15-44-36(27-25-32(54-34(42)30(11)12)38(46-17-3,47-18-4)40(36,50-21-7)51-22-8)29-37(45-16-2)28-26-33(55-35(43)31(13)14)39(48-19-5,49-20-6)41(37,52-23-9)53-24-10/h25-28,32-33H,11,13,15-24,29H2,1-10,12,14H3. The predicted molar refractivity (Wildman–Crippen MR) is 205 cm³/mol. The smallest absolute Gasteiger partial charge is 0.333 e. The van der Waals surface area contributed by atoms with Crippen molar-refractivity contribution in [3.05, 3.63) is 48.6 Å². The molecular formula is C41H68O14. The first-order chi connectivity index (χ1) is 26.2. The van der Waals surface area contributed by atoms with Crippen LogP contribution < -0.4 is 0 Å². The fraction of sp³-hybridized carbons (Fsp3) is 0.756. The third kappa shape index (κ3) is 8.84. The summed E-state index contributed by atoms with van der Waals surface area (Å²) in [5.41, 5.74) is -3.09. The maximum atomic E-state index is 13.2. The van der Waals surface area contributed by atoms with Crippen LogP contribution in [0, 0.1) is 0 Å². The van der Waals surface area contributed by atoms with Gasteiger partial charge in [-0.2, -0.15) is 0 Å². The van der Waals surface area contributed by atoms with Crippen LogP contribution in [-0.4, -0.2) is 125 Å². The SMILES string of the molecule is C=C(C)C(=O)OC1C=CC(CC2(OCC)C=CC(OC(=O)C(=C)C)C(OCC)(OCC)C2(OCC)OCC)(OCC)C(OCC)(OCC)C1(OCC)OCC. The molecule has 0 aromatic heterocycles. The van der Waals surface area contributed by atoms with E-state index in [2.05, 4.69) is 13.2 Å². The fourth-order valence-corrected chi connectivity index (χ4v) is 7.67. The van der Waals surface area contributed by atoms with Gasteiger partial charge >= 0.3 is 11.9 Å². The van der Waals surface area contributed by atoms with E-state index in [0.717, 1.165) is 0 Å². The summed E-state index contributed by atoms with van der Waals surface area (Å²) in [6, 6.07) is 0. The lowest BCUT2D eigenvalue weighted by Gasteiger charge is -2.63. The summed E-state index contributed by atoms with van der Waals surface area (Å²) >= 11 is 0. The van der Waals surface area contributed by atoms with Crippen molar-refractivity contribution in [3.63, 3.8) is 0 Å².